The average molecular weight is 281 g/mol. The van der Waals surface area contributed by atoms with E-state index in [0.29, 0.717) is 17.0 Å². The van der Waals surface area contributed by atoms with E-state index in [4.69, 9.17) is 0 Å². The van der Waals surface area contributed by atoms with Crippen LogP contribution in [0.2, 0.25) is 0 Å². The number of nitrogens with one attached hydrogen (secondary N) is 1. The highest BCUT2D eigenvalue weighted by Gasteiger charge is 2.33. The van der Waals surface area contributed by atoms with Crippen molar-refractivity contribution in [2.45, 2.75) is 58.4 Å². The fraction of sp³-hybridized carbons (Fsp3) is 0.647. The number of aryl methyl sites for hydroxylation is 1. The van der Waals surface area contributed by atoms with Crippen molar-refractivity contribution in [2.75, 3.05) is 6.54 Å². The molecule has 3 heteroatoms. The standard InChI is InChI=1S/C17H25F2N/c1-11-8-9-14(18)15(16(11)19)13-7-5-6-12(13)10-20-17(2,3)4/h8-9,12-13,20H,5-7,10H2,1-4H3. The van der Waals surface area contributed by atoms with Gasteiger partial charge in [0, 0.05) is 11.1 Å². The van der Waals surface area contributed by atoms with E-state index in [1.807, 2.05) is 0 Å². The molecule has 2 atom stereocenters. The summed E-state index contributed by atoms with van der Waals surface area (Å²) in [4.78, 5) is 0. The number of hydrogen-bond acceptors (Lipinski definition) is 1. The summed E-state index contributed by atoms with van der Waals surface area (Å²) in [6.07, 6.45) is 2.97. The van der Waals surface area contributed by atoms with Gasteiger partial charge in [-0.2, -0.15) is 0 Å². The number of halogens is 2. The van der Waals surface area contributed by atoms with Gasteiger partial charge in [-0.1, -0.05) is 12.5 Å². The van der Waals surface area contributed by atoms with E-state index in [1.165, 1.54) is 12.1 Å². The Kier molecular flexibility index (Phi) is 4.48. The molecule has 0 saturated heterocycles. The Morgan fingerprint density at radius 2 is 1.90 bits per heavy atom. The minimum Gasteiger partial charge on any atom is -0.312 e. The summed E-state index contributed by atoms with van der Waals surface area (Å²) in [7, 11) is 0. The summed E-state index contributed by atoms with van der Waals surface area (Å²) >= 11 is 0. The first-order valence-corrected chi connectivity index (χ1v) is 7.49. The van der Waals surface area contributed by atoms with Crippen LogP contribution in [0.1, 0.15) is 57.1 Å². The van der Waals surface area contributed by atoms with E-state index >= 15 is 0 Å². The molecule has 1 N–H and O–H groups in total. The van der Waals surface area contributed by atoms with Crippen LogP contribution in [-0.4, -0.2) is 12.1 Å². The van der Waals surface area contributed by atoms with E-state index in [9.17, 15) is 8.78 Å². The fourth-order valence-corrected chi connectivity index (χ4v) is 3.12. The smallest absolute Gasteiger partial charge is 0.132 e. The molecule has 112 valence electrons. The van der Waals surface area contributed by atoms with Crippen LogP contribution in [0.4, 0.5) is 8.78 Å². The average Bonchev–Trinajstić information content (AvgIpc) is 2.79. The summed E-state index contributed by atoms with van der Waals surface area (Å²) < 4.78 is 28.4. The molecule has 1 aromatic rings. The van der Waals surface area contributed by atoms with Gasteiger partial charge >= 0.3 is 0 Å². The zero-order chi connectivity index (χ0) is 14.9. The summed E-state index contributed by atoms with van der Waals surface area (Å²) in [5.74, 6) is -0.414. The van der Waals surface area contributed by atoms with Crippen molar-refractivity contribution in [3.8, 4) is 0 Å². The molecule has 0 aliphatic heterocycles. The third kappa shape index (κ3) is 3.38. The first-order valence-electron chi connectivity index (χ1n) is 7.49. The summed E-state index contributed by atoms with van der Waals surface area (Å²) in [5, 5.41) is 3.47. The van der Waals surface area contributed by atoms with Crippen molar-refractivity contribution >= 4 is 0 Å². The lowest BCUT2D eigenvalue weighted by atomic mass is 9.86. The quantitative estimate of drug-likeness (QED) is 0.857. The first-order chi connectivity index (χ1) is 9.29. The molecule has 1 fully saturated rings. The van der Waals surface area contributed by atoms with Crippen molar-refractivity contribution in [3.05, 3.63) is 34.9 Å². The van der Waals surface area contributed by atoms with Gasteiger partial charge in [-0.25, -0.2) is 8.78 Å². The normalized spacial score (nSPS) is 23.3. The maximum absolute atomic E-state index is 14.3. The molecule has 0 radical (unpaired) electrons. The Labute approximate surface area is 120 Å². The van der Waals surface area contributed by atoms with Crippen LogP contribution < -0.4 is 5.32 Å². The molecule has 1 aliphatic rings. The van der Waals surface area contributed by atoms with E-state index in [2.05, 4.69) is 26.1 Å². The second-order valence-corrected chi connectivity index (χ2v) is 7.02. The summed E-state index contributed by atoms with van der Waals surface area (Å²) in [6, 6.07) is 2.92. The third-order valence-electron chi connectivity index (χ3n) is 4.24. The van der Waals surface area contributed by atoms with Gasteiger partial charge in [-0.3, -0.25) is 0 Å². The summed E-state index contributed by atoms with van der Waals surface area (Å²) in [6.45, 7) is 8.87. The largest absolute Gasteiger partial charge is 0.312 e. The molecule has 0 spiro atoms. The number of rotatable bonds is 3. The maximum atomic E-state index is 14.3. The Balaban J connectivity index is 2.21. The topological polar surface area (TPSA) is 12.0 Å². The van der Waals surface area contributed by atoms with Crippen molar-refractivity contribution in [1.29, 1.82) is 0 Å². The molecule has 2 unspecified atom stereocenters. The van der Waals surface area contributed by atoms with E-state index < -0.39 is 0 Å². The van der Waals surface area contributed by atoms with Crippen molar-refractivity contribution < 1.29 is 8.78 Å². The second-order valence-electron chi connectivity index (χ2n) is 7.02. The zero-order valence-corrected chi connectivity index (χ0v) is 12.9. The van der Waals surface area contributed by atoms with Crippen LogP contribution in [0.25, 0.3) is 0 Å². The Morgan fingerprint density at radius 1 is 1.20 bits per heavy atom. The molecule has 1 saturated carbocycles. The van der Waals surface area contributed by atoms with E-state index in [-0.39, 0.29) is 23.1 Å². The Hall–Kier alpha value is -0.960. The van der Waals surface area contributed by atoms with Gasteiger partial charge in [-0.15, -0.1) is 0 Å². The molecule has 0 amide bonds. The lowest BCUT2D eigenvalue weighted by molar-refractivity contribution is 0.349. The van der Waals surface area contributed by atoms with Crippen LogP contribution >= 0.6 is 0 Å². The van der Waals surface area contributed by atoms with Gasteiger partial charge in [0.2, 0.25) is 0 Å². The summed E-state index contributed by atoms with van der Waals surface area (Å²) in [5.41, 5.74) is 0.885. The molecule has 1 nitrogen and oxygen atoms in total. The fourth-order valence-electron chi connectivity index (χ4n) is 3.12. The van der Waals surface area contributed by atoms with Gasteiger partial charge in [-0.05, 0) is 70.5 Å². The zero-order valence-electron chi connectivity index (χ0n) is 12.9. The van der Waals surface area contributed by atoms with Gasteiger partial charge in [0.1, 0.15) is 11.6 Å². The second kappa shape index (κ2) is 5.80. The lowest BCUT2D eigenvalue weighted by Crippen LogP contribution is -2.39. The van der Waals surface area contributed by atoms with Crippen molar-refractivity contribution in [3.63, 3.8) is 0 Å². The molecule has 0 aromatic heterocycles. The van der Waals surface area contributed by atoms with Gasteiger partial charge in [0.15, 0.2) is 0 Å². The molecule has 1 aliphatic carbocycles. The van der Waals surface area contributed by atoms with Crippen LogP contribution in [0.5, 0.6) is 0 Å². The molecular weight excluding hydrogens is 256 g/mol. The number of hydrogen-bond donors (Lipinski definition) is 1. The molecule has 2 rings (SSSR count). The SMILES string of the molecule is Cc1ccc(F)c(C2CCCC2CNC(C)(C)C)c1F. The van der Waals surface area contributed by atoms with Crippen molar-refractivity contribution in [1.82, 2.24) is 5.32 Å². The van der Waals surface area contributed by atoms with Gasteiger partial charge < -0.3 is 5.32 Å². The van der Waals surface area contributed by atoms with Crippen molar-refractivity contribution in [2.24, 2.45) is 5.92 Å². The monoisotopic (exact) mass is 281 g/mol. The first kappa shape index (κ1) is 15.4. The minimum atomic E-state index is -0.388. The molecule has 20 heavy (non-hydrogen) atoms. The van der Waals surface area contributed by atoms with E-state index in [0.717, 1.165) is 25.8 Å². The van der Waals surface area contributed by atoms with Crippen LogP contribution in [0.3, 0.4) is 0 Å². The van der Waals surface area contributed by atoms with Gasteiger partial charge in [0.05, 0.1) is 0 Å². The lowest BCUT2D eigenvalue weighted by Gasteiger charge is -2.27. The highest BCUT2D eigenvalue weighted by molar-refractivity contribution is 5.30. The Morgan fingerprint density at radius 3 is 2.55 bits per heavy atom. The van der Waals surface area contributed by atoms with Crippen LogP contribution in [0, 0.1) is 24.5 Å². The highest BCUT2D eigenvalue weighted by atomic mass is 19.1. The van der Waals surface area contributed by atoms with Crippen LogP contribution in [-0.2, 0) is 0 Å². The molecule has 0 heterocycles. The third-order valence-corrected chi connectivity index (χ3v) is 4.24. The highest BCUT2D eigenvalue weighted by Crippen LogP contribution is 2.42. The molecule has 1 aromatic carbocycles. The molecular formula is C17H25F2N. The minimum absolute atomic E-state index is 0.00440. The van der Waals surface area contributed by atoms with Gasteiger partial charge in [0.25, 0.3) is 0 Å². The predicted octanol–water partition coefficient (Wildman–Crippen LogP) is 4.55. The van der Waals surface area contributed by atoms with Crippen LogP contribution in [0.15, 0.2) is 12.1 Å². The predicted molar refractivity (Wildman–Crippen MR) is 78.9 cm³/mol. The number of benzene rings is 1. The molecule has 0 bridgehead atoms. The van der Waals surface area contributed by atoms with E-state index in [1.54, 1.807) is 6.92 Å². The maximum Gasteiger partial charge on any atom is 0.132 e. The Bertz CT molecular complexity index is 477.